The van der Waals surface area contributed by atoms with Gasteiger partial charge in [0.25, 0.3) is 0 Å². The second-order valence-electron chi connectivity index (χ2n) is 7.07. The van der Waals surface area contributed by atoms with Gasteiger partial charge in [0.15, 0.2) is 0 Å². The summed E-state index contributed by atoms with van der Waals surface area (Å²) in [5.74, 6) is -0.979. The Hall–Kier alpha value is -2.77. The maximum absolute atomic E-state index is 12.1. The van der Waals surface area contributed by atoms with Crippen LogP contribution in [0.4, 0.5) is 11.4 Å². The molecule has 0 atom stereocenters. The molecular weight excluding hydrogens is 404 g/mol. The number of rotatable bonds is 7. The summed E-state index contributed by atoms with van der Waals surface area (Å²) in [7, 11) is 1.48. The summed E-state index contributed by atoms with van der Waals surface area (Å²) in [5.41, 5.74) is 1.62. The number of halogens is 1. The predicted molar refractivity (Wildman–Crippen MR) is 119 cm³/mol. The standard InChI is InChI=1S/C22H27ClN4O3/c1-30-20-9-8-17(23)16-19(20)25-22(29)21(28)24-10-5-11-26-12-14-27(15-13-26)18-6-3-2-4-7-18/h2-4,6-9,16H,5,10-15H2,1H3,(H,24,28)(H,25,29). The largest absolute Gasteiger partial charge is 0.495 e. The number of para-hydroxylation sites is 1. The Bertz CT molecular complexity index is 855. The third-order valence-electron chi connectivity index (χ3n) is 5.05. The first-order valence-electron chi connectivity index (χ1n) is 10.0. The van der Waals surface area contributed by atoms with Crippen molar-refractivity contribution in [3.05, 3.63) is 53.6 Å². The van der Waals surface area contributed by atoms with E-state index < -0.39 is 11.8 Å². The molecule has 0 radical (unpaired) electrons. The van der Waals surface area contributed by atoms with Crippen LogP contribution in [0.5, 0.6) is 5.75 Å². The van der Waals surface area contributed by atoms with Crippen molar-refractivity contribution in [2.75, 3.05) is 56.6 Å². The van der Waals surface area contributed by atoms with E-state index in [1.54, 1.807) is 18.2 Å². The van der Waals surface area contributed by atoms with Gasteiger partial charge in [-0.25, -0.2) is 0 Å². The second-order valence-corrected chi connectivity index (χ2v) is 7.51. The normalized spacial score (nSPS) is 14.3. The van der Waals surface area contributed by atoms with E-state index in [4.69, 9.17) is 16.3 Å². The maximum atomic E-state index is 12.1. The van der Waals surface area contributed by atoms with Crippen LogP contribution in [0.25, 0.3) is 0 Å². The van der Waals surface area contributed by atoms with E-state index in [0.717, 1.165) is 39.1 Å². The molecule has 160 valence electrons. The first-order chi connectivity index (χ1) is 14.6. The van der Waals surface area contributed by atoms with Gasteiger partial charge in [-0.1, -0.05) is 29.8 Å². The van der Waals surface area contributed by atoms with Crippen LogP contribution in [0.2, 0.25) is 5.02 Å². The fraction of sp³-hybridized carbons (Fsp3) is 0.364. The number of nitrogens with zero attached hydrogens (tertiary/aromatic N) is 2. The SMILES string of the molecule is COc1ccc(Cl)cc1NC(=O)C(=O)NCCCN1CCN(c2ccccc2)CC1. The summed E-state index contributed by atoms with van der Waals surface area (Å²) >= 11 is 5.94. The average Bonchev–Trinajstić information content (AvgIpc) is 2.77. The van der Waals surface area contributed by atoms with Crippen molar-refractivity contribution >= 4 is 34.8 Å². The highest BCUT2D eigenvalue weighted by atomic mass is 35.5. The van der Waals surface area contributed by atoms with Crippen LogP contribution in [0, 0.1) is 0 Å². The fourth-order valence-electron chi connectivity index (χ4n) is 3.41. The molecule has 3 rings (SSSR count). The highest BCUT2D eigenvalue weighted by Gasteiger charge is 2.18. The van der Waals surface area contributed by atoms with Gasteiger partial charge in [-0.05, 0) is 43.3 Å². The molecule has 7 nitrogen and oxygen atoms in total. The summed E-state index contributed by atoms with van der Waals surface area (Å²) < 4.78 is 5.17. The van der Waals surface area contributed by atoms with Gasteiger partial charge in [-0.2, -0.15) is 0 Å². The molecular formula is C22H27ClN4O3. The Balaban J connectivity index is 1.35. The highest BCUT2D eigenvalue weighted by molar-refractivity contribution is 6.40. The van der Waals surface area contributed by atoms with Gasteiger partial charge in [-0.15, -0.1) is 0 Å². The number of nitrogens with one attached hydrogen (secondary N) is 2. The molecule has 0 saturated carbocycles. The zero-order valence-corrected chi connectivity index (χ0v) is 17.8. The molecule has 1 heterocycles. The Morgan fingerprint density at radius 3 is 2.47 bits per heavy atom. The summed E-state index contributed by atoms with van der Waals surface area (Å²) in [4.78, 5) is 28.9. The molecule has 30 heavy (non-hydrogen) atoms. The minimum atomic E-state index is -0.743. The summed E-state index contributed by atoms with van der Waals surface area (Å²) in [6.45, 7) is 5.26. The fourth-order valence-corrected chi connectivity index (χ4v) is 3.58. The molecule has 0 aliphatic carbocycles. The Kier molecular flexibility index (Phi) is 7.93. The number of hydrogen-bond acceptors (Lipinski definition) is 5. The number of hydrogen-bond donors (Lipinski definition) is 2. The number of anilines is 2. The number of benzene rings is 2. The van der Waals surface area contributed by atoms with Crippen LogP contribution in [0.15, 0.2) is 48.5 Å². The topological polar surface area (TPSA) is 73.9 Å². The van der Waals surface area contributed by atoms with Crippen LogP contribution >= 0.6 is 11.6 Å². The molecule has 2 amide bonds. The monoisotopic (exact) mass is 430 g/mol. The van der Waals surface area contributed by atoms with Gasteiger partial charge in [0.1, 0.15) is 5.75 Å². The van der Waals surface area contributed by atoms with Crippen LogP contribution < -0.4 is 20.3 Å². The molecule has 0 aromatic heterocycles. The van der Waals surface area contributed by atoms with Crippen LogP contribution in [-0.2, 0) is 9.59 Å². The van der Waals surface area contributed by atoms with E-state index in [1.165, 1.54) is 12.8 Å². The van der Waals surface area contributed by atoms with Gasteiger partial charge in [0, 0.05) is 43.4 Å². The Morgan fingerprint density at radius 2 is 1.77 bits per heavy atom. The smallest absolute Gasteiger partial charge is 0.313 e. The molecule has 8 heteroatoms. The molecule has 2 aromatic rings. The summed E-state index contributed by atoms with van der Waals surface area (Å²) in [6, 6.07) is 15.2. The molecule has 0 unspecified atom stereocenters. The van der Waals surface area contributed by atoms with Crippen LogP contribution in [0.3, 0.4) is 0 Å². The lowest BCUT2D eigenvalue weighted by atomic mass is 10.2. The number of carbonyl (C=O) groups excluding carboxylic acids is 2. The van der Waals surface area contributed by atoms with Crippen molar-refractivity contribution in [3.63, 3.8) is 0 Å². The lowest BCUT2D eigenvalue weighted by Crippen LogP contribution is -2.47. The Labute approximate surface area is 181 Å². The minimum Gasteiger partial charge on any atom is -0.495 e. The Morgan fingerprint density at radius 1 is 1.03 bits per heavy atom. The van der Waals surface area contributed by atoms with E-state index in [2.05, 4.69) is 44.7 Å². The molecule has 0 bridgehead atoms. The number of carbonyl (C=O) groups is 2. The lowest BCUT2D eigenvalue weighted by Gasteiger charge is -2.36. The van der Waals surface area contributed by atoms with E-state index >= 15 is 0 Å². The highest BCUT2D eigenvalue weighted by Crippen LogP contribution is 2.27. The molecule has 1 saturated heterocycles. The first kappa shape index (κ1) is 21.9. The van der Waals surface area contributed by atoms with E-state index in [1.807, 2.05) is 6.07 Å². The van der Waals surface area contributed by atoms with Crippen molar-refractivity contribution in [2.45, 2.75) is 6.42 Å². The van der Waals surface area contributed by atoms with E-state index in [9.17, 15) is 9.59 Å². The lowest BCUT2D eigenvalue weighted by molar-refractivity contribution is -0.136. The summed E-state index contributed by atoms with van der Waals surface area (Å²) in [6.07, 6.45) is 0.783. The average molecular weight is 431 g/mol. The van der Waals surface area contributed by atoms with Crippen molar-refractivity contribution < 1.29 is 14.3 Å². The van der Waals surface area contributed by atoms with Gasteiger partial charge in [-0.3, -0.25) is 14.5 Å². The van der Waals surface area contributed by atoms with Gasteiger partial charge in [0.2, 0.25) is 0 Å². The maximum Gasteiger partial charge on any atom is 0.313 e. The van der Waals surface area contributed by atoms with Crippen molar-refractivity contribution in [3.8, 4) is 5.75 Å². The molecule has 1 aliphatic rings. The minimum absolute atomic E-state index is 0.362. The number of amides is 2. The quantitative estimate of drug-likeness (QED) is 0.521. The van der Waals surface area contributed by atoms with Gasteiger partial charge >= 0.3 is 11.8 Å². The number of piperazine rings is 1. The van der Waals surface area contributed by atoms with Gasteiger partial charge in [0.05, 0.1) is 12.8 Å². The van der Waals surface area contributed by atoms with Crippen LogP contribution in [0.1, 0.15) is 6.42 Å². The van der Waals surface area contributed by atoms with Crippen molar-refractivity contribution in [1.82, 2.24) is 10.2 Å². The first-order valence-corrected chi connectivity index (χ1v) is 10.4. The molecule has 0 spiro atoms. The molecule has 1 aliphatic heterocycles. The van der Waals surface area contributed by atoms with Crippen LogP contribution in [-0.4, -0.2) is 63.1 Å². The van der Waals surface area contributed by atoms with Gasteiger partial charge < -0.3 is 20.3 Å². The molecule has 2 N–H and O–H groups in total. The third-order valence-corrected chi connectivity index (χ3v) is 5.28. The zero-order valence-electron chi connectivity index (χ0n) is 17.1. The second kappa shape index (κ2) is 10.8. The van der Waals surface area contributed by atoms with E-state index in [-0.39, 0.29) is 0 Å². The predicted octanol–water partition coefficient (Wildman–Crippen LogP) is 2.62. The zero-order chi connectivity index (χ0) is 21.3. The van der Waals surface area contributed by atoms with Crippen molar-refractivity contribution in [2.24, 2.45) is 0 Å². The number of methoxy groups -OCH3 is 1. The van der Waals surface area contributed by atoms with Crippen molar-refractivity contribution in [1.29, 1.82) is 0 Å². The third kappa shape index (κ3) is 6.11. The summed E-state index contributed by atoms with van der Waals surface area (Å²) in [5, 5.41) is 5.65. The molecule has 2 aromatic carbocycles. The number of ether oxygens (including phenoxy) is 1. The van der Waals surface area contributed by atoms with E-state index in [0.29, 0.717) is 23.0 Å². The molecule has 1 fully saturated rings.